The quantitative estimate of drug-likeness (QED) is 0.920. The second kappa shape index (κ2) is 5.98. The molecule has 0 saturated carbocycles. The predicted octanol–water partition coefficient (Wildman–Crippen LogP) is 2.33. The molecule has 2 heterocycles. The molecule has 0 amide bonds. The van der Waals surface area contributed by atoms with Crippen LogP contribution in [0.3, 0.4) is 0 Å². The molecule has 0 aromatic carbocycles. The molecule has 0 spiro atoms. The number of halogens is 1. The van der Waals surface area contributed by atoms with E-state index < -0.39 is 6.10 Å². The van der Waals surface area contributed by atoms with Crippen molar-refractivity contribution in [1.82, 2.24) is 19.4 Å². The topological polar surface area (TPSA) is 63.8 Å². The predicted molar refractivity (Wildman–Crippen MR) is 75.5 cm³/mol. The Morgan fingerprint density at radius 1 is 1.32 bits per heavy atom. The fourth-order valence-electron chi connectivity index (χ4n) is 2.03. The van der Waals surface area contributed by atoms with Crippen LogP contribution in [0.25, 0.3) is 0 Å². The van der Waals surface area contributed by atoms with Crippen LogP contribution in [-0.2, 0) is 26.3 Å². The Bertz CT molecular complexity index is 566. The van der Waals surface area contributed by atoms with Gasteiger partial charge in [-0.05, 0) is 24.4 Å². The fourth-order valence-corrected chi connectivity index (χ4v) is 3.12. The van der Waals surface area contributed by atoms with Crippen molar-refractivity contribution >= 4 is 23.1 Å². The molecule has 2 rings (SSSR count). The third-order valence-electron chi connectivity index (χ3n) is 3.11. The van der Waals surface area contributed by atoms with Crippen molar-refractivity contribution in [3.8, 4) is 0 Å². The van der Waals surface area contributed by atoms with Crippen LogP contribution in [0.4, 0.5) is 0 Å². The van der Waals surface area contributed by atoms with Crippen LogP contribution >= 0.6 is 23.1 Å². The first-order valence-corrected chi connectivity index (χ1v) is 7.43. The van der Waals surface area contributed by atoms with Crippen molar-refractivity contribution in [1.29, 1.82) is 0 Å². The highest BCUT2D eigenvalue weighted by Crippen LogP contribution is 2.28. The Kier molecular flexibility index (Phi) is 4.54. The van der Waals surface area contributed by atoms with E-state index >= 15 is 0 Å². The maximum atomic E-state index is 10.3. The highest BCUT2D eigenvalue weighted by atomic mass is 35.5. The van der Waals surface area contributed by atoms with Crippen LogP contribution in [0.5, 0.6) is 0 Å². The summed E-state index contributed by atoms with van der Waals surface area (Å²) in [5, 5.41) is 19.4. The molecule has 2 aromatic heterocycles. The number of aliphatic hydroxyl groups is 1. The van der Waals surface area contributed by atoms with Gasteiger partial charge in [0, 0.05) is 13.5 Å². The molecule has 0 aliphatic carbocycles. The van der Waals surface area contributed by atoms with E-state index in [0.717, 1.165) is 34.8 Å². The van der Waals surface area contributed by atoms with Crippen LogP contribution in [-0.4, -0.2) is 24.5 Å². The van der Waals surface area contributed by atoms with Gasteiger partial charge >= 0.3 is 0 Å². The smallest absolute Gasteiger partial charge is 0.0972 e. The zero-order chi connectivity index (χ0) is 14.0. The fraction of sp³-hybridized carbons (Fsp3) is 0.583. The summed E-state index contributed by atoms with van der Waals surface area (Å²) < 4.78 is 5.64. The molecule has 0 bridgehead atoms. The third kappa shape index (κ3) is 2.80. The van der Waals surface area contributed by atoms with Gasteiger partial charge in [0.15, 0.2) is 0 Å². The summed E-state index contributed by atoms with van der Waals surface area (Å²) in [5.74, 6) is 0. The molecule has 19 heavy (non-hydrogen) atoms. The average Bonchev–Trinajstić information content (AvgIpc) is 2.97. The molecule has 0 radical (unpaired) electrons. The van der Waals surface area contributed by atoms with Crippen LogP contribution in [0.1, 0.15) is 41.9 Å². The van der Waals surface area contributed by atoms with Gasteiger partial charge in [-0.3, -0.25) is 4.68 Å². The number of hydrogen-bond acceptors (Lipinski definition) is 5. The molecule has 0 saturated heterocycles. The second-order valence-electron chi connectivity index (χ2n) is 4.34. The van der Waals surface area contributed by atoms with E-state index in [0.29, 0.717) is 11.4 Å². The summed E-state index contributed by atoms with van der Waals surface area (Å²) in [6.45, 7) is 4.01. The normalized spacial score (nSPS) is 12.9. The van der Waals surface area contributed by atoms with E-state index in [1.165, 1.54) is 11.5 Å². The molecule has 104 valence electrons. The second-order valence-corrected chi connectivity index (χ2v) is 5.51. The lowest BCUT2D eigenvalue weighted by atomic mass is 10.1. The first kappa shape index (κ1) is 14.4. The Hall–Kier alpha value is -0.980. The van der Waals surface area contributed by atoms with E-state index in [-0.39, 0.29) is 0 Å². The lowest BCUT2D eigenvalue weighted by Crippen LogP contribution is -2.07. The number of aliphatic hydroxyl groups excluding tert-OH is 1. The van der Waals surface area contributed by atoms with Crippen molar-refractivity contribution in [2.24, 2.45) is 7.05 Å². The van der Waals surface area contributed by atoms with E-state index in [1.807, 2.05) is 20.9 Å². The summed E-state index contributed by atoms with van der Waals surface area (Å²) in [7, 11) is 1.85. The van der Waals surface area contributed by atoms with Crippen LogP contribution in [0, 0.1) is 0 Å². The average molecular weight is 301 g/mol. The Morgan fingerprint density at radius 3 is 2.58 bits per heavy atom. The first-order valence-electron chi connectivity index (χ1n) is 6.27. The highest BCUT2D eigenvalue weighted by molar-refractivity contribution is 7.05. The van der Waals surface area contributed by atoms with E-state index in [4.69, 9.17) is 11.6 Å². The van der Waals surface area contributed by atoms with E-state index in [9.17, 15) is 5.11 Å². The van der Waals surface area contributed by atoms with Gasteiger partial charge in [-0.2, -0.15) is 5.10 Å². The minimum absolute atomic E-state index is 0.430. The summed E-state index contributed by atoms with van der Waals surface area (Å²) in [4.78, 5) is 0.817. The number of aromatic nitrogens is 4. The third-order valence-corrected chi connectivity index (χ3v) is 4.42. The number of hydrogen-bond donors (Lipinski definition) is 1. The van der Waals surface area contributed by atoms with Crippen molar-refractivity contribution in [3.63, 3.8) is 0 Å². The maximum Gasteiger partial charge on any atom is 0.0972 e. The molecule has 5 nitrogen and oxygen atoms in total. The zero-order valence-electron chi connectivity index (χ0n) is 11.2. The van der Waals surface area contributed by atoms with E-state index in [2.05, 4.69) is 14.7 Å². The molecule has 0 aliphatic heterocycles. The molecule has 7 heteroatoms. The molecule has 0 fully saturated rings. The number of aryl methyl sites for hydroxylation is 3. The Balaban J connectivity index is 2.24. The van der Waals surface area contributed by atoms with Crippen LogP contribution in [0.2, 0.25) is 5.02 Å². The van der Waals surface area contributed by atoms with E-state index in [1.54, 1.807) is 4.68 Å². The lowest BCUT2D eigenvalue weighted by molar-refractivity contribution is 0.178. The standard InChI is InChI=1S/C12H17ClN4OS/c1-4-7-11(13)9(17(3)15-7)6-10(18)12-8(5-2)14-16-19-12/h10,18H,4-6H2,1-3H3. The Labute approximate surface area is 121 Å². The first-order chi connectivity index (χ1) is 9.08. The Morgan fingerprint density at radius 2 is 2.00 bits per heavy atom. The number of nitrogens with zero attached hydrogens (tertiary/aromatic N) is 4. The summed E-state index contributed by atoms with van der Waals surface area (Å²) in [6, 6.07) is 0. The lowest BCUT2D eigenvalue weighted by Gasteiger charge is -2.10. The summed E-state index contributed by atoms with van der Waals surface area (Å²) in [5.41, 5.74) is 2.57. The summed E-state index contributed by atoms with van der Waals surface area (Å²) >= 11 is 7.53. The summed E-state index contributed by atoms with van der Waals surface area (Å²) in [6.07, 6.45) is 1.35. The zero-order valence-corrected chi connectivity index (χ0v) is 12.8. The van der Waals surface area contributed by atoms with Gasteiger partial charge in [-0.15, -0.1) is 5.10 Å². The largest absolute Gasteiger partial charge is 0.387 e. The van der Waals surface area contributed by atoms with Gasteiger partial charge in [-0.25, -0.2) is 0 Å². The van der Waals surface area contributed by atoms with Crippen LogP contribution < -0.4 is 0 Å². The van der Waals surface area contributed by atoms with Crippen LogP contribution in [0.15, 0.2) is 0 Å². The maximum absolute atomic E-state index is 10.3. The monoisotopic (exact) mass is 300 g/mol. The van der Waals surface area contributed by atoms with Gasteiger partial charge < -0.3 is 5.11 Å². The van der Waals surface area contributed by atoms with Gasteiger partial charge in [0.1, 0.15) is 0 Å². The van der Waals surface area contributed by atoms with Gasteiger partial charge in [-0.1, -0.05) is 29.9 Å². The molecule has 1 atom stereocenters. The molecule has 1 unspecified atom stereocenters. The molecule has 1 N–H and O–H groups in total. The van der Waals surface area contributed by atoms with Gasteiger partial charge in [0.05, 0.1) is 33.1 Å². The van der Waals surface area contributed by atoms with Gasteiger partial charge in [0.2, 0.25) is 0 Å². The molecular formula is C12H17ClN4OS. The number of rotatable bonds is 5. The van der Waals surface area contributed by atoms with Crippen molar-refractivity contribution < 1.29 is 5.11 Å². The minimum Gasteiger partial charge on any atom is -0.387 e. The van der Waals surface area contributed by atoms with Crippen molar-refractivity contribution in [2.45, 2.75) is 39.2 Å². The molecule has 0 aliphatic rings. The van der Waals surface area contributed by atoms with Gasteiger partial charge in [0.25, 0.3) is 0 Å². The highest BCUT2D eigenvalue weighted by Gasteiger charge is 2.21. The molecule has 2 aromatic rings. The van der Waals surface area contributed by atoms with Crippen molar-refractivity contribution in [2.75, 3.05) is 0 Å². The SMILES string of the molecule is CCc1nnsc1C(O)Cc1c(Cl)c(CC)nn1C. The van der Waals surface area contributed by atoms with Crippen molar-refractivity contribution in [3.05, 3.63) is 27.0 Å². The molecular weight excluding hydrogens is 284 g/mol. The minimum atomic E-state index is -0.632.